The van der Waals surface area contributed by atoms with E-state index in [1.54, 1.807) is 18.5 Å². The average Bonchev–Trinajstić information content (AvgIpc) is 2.76. The lowest BCUT2D eigenvalue weighted by Crippen LogP contribution is -1.90. The number of benzene rings is 1. The Bertz CT molecular complexity index is 662. The summed E-state index contributed by atoms with van der Waals surface area (Å²) in [4.78, 5) is 13.3. The van der Waals surface area contributed by atoms with Gasteiger partial charge < -0.3 is 5.73 Å². The molecule has 84 valence electrons. The first-order valence-corrected chi connectivity index (χ1v) is 5.68. The number of hydrogen-bond donors (Lipinski definition) is 1. The fourth-order valence-electron chi connectivity index (χ4n) is 1.46. The largest absolute Gasteiger partial charge is 0.396 e. The zero-order valence-corrected chi connectivity index (χ0v) is 9.41. The third-order valence-electron chi connectivity index (χ3n) is 2.29. The van der Waals surface area contributed by atoms with Crippen LogP contribution in [0.3, 0.4) is 0 Å². The van der Waals surface area contributed by atoms with Gasteiger partial charge in [0.05, 0.1) is 5.69 Å². The minimum absolute atomic E-state index is 0.131. The molecule has 0 fully saturated rings. The van der Waals surface area contributed by atoms with Gasteiger partial charge in [0.25, 0.3) is 0 Å². The second-order valence-corrected chi connectivity index (χ2v) is 4.42. The summed E-state index contributed by atoms with van der Waals surface area (Å²) in [7, 11) is 0. The van der Waals surface area contributed by atoms with Crippen LogP contribution >= 0.6 is 11.3 Å². The number of aromatic nitrogens is 3. The molecule has 1 aromatic carbocycles. The normalized spacial score (nSPS) is 10.9. The van der Waals surface area contributed by atoms with Gasteiger partial charge in [-0.1, -0.05) is 11.3 Å². The predicted molar refractivity (Wildman–Crippen MR) is 65.0 cm³/mol. The van der Waals surface area contributed by atoms with Gasteiger partial charge in [-0.05, 0) is 18.2 Å². The van der Waals surface area contributed by atoms with E-state index >= 15 is 0 Å². The summed E-state index contributed by atoms with van der Waals surface area (Å²) in [6.45, 7) is 0. The zero-order chi connectivity index (χ0) is 11.8. The quantitative estimate of drug-likeness (QED) is 0.670. The number of hydrogen-bond acceptors (Lipinski definition) is 5. The topological polar surface area (TPSA) is 64.7 Å². The SMILES string of the molecule is Nc1ccc(-c2nc3nccnc3s2)cc1F. The molecule has 0 saturated carbocycles. The van der Waals surface area contributed by atoms with Crippen LogP contribution in [-0.2, 0) is 0 Å². The van der Waals surface area contributed by atoms with E-state index in [4.69, 9.17) is 5.73 Å². The summed E-state index contributed by atoms with van der Waals surface area (Å²) in [6.07, 6.45) is 3.18. The summed E-state index contributed by atoms with van der Waals surface area (Å²) < 4.78 is 13.3. The first kappa shape index (κ1) is 10.1. The lowest BCUT2D eigenvalue weighted by atomic mass is 10.2. The first-order chi connectivity index (χ1) is 8.24. The highest BCUT2D eigenvalue weighted by Gasteiger charge is 2.09. The summed E-state index contributed by atoms with van der Waals surface area (Å²) in [5.74, 6) is -0.442. The summed E-state index contributed by atoms with van der Waals surface area (Å²) >= 11 is 1.37. The molecule has 0 radical (unpaired) electrons. The second kappa shape index (κ2) is 3.74. The Morgan fingerprint density at radius 1 is 1.18 bits per heavy atom. The highest BCUT2D eigenvalue weighted by atomic mass is 32.1. The zero-order valence-electron chi connectivity index (χ0n) is 8.59. The van der Waals surface area contributed by atoms with E-state index in [0.717, 1.165) is 4.83 Å². The third kappa shape index (κ3) is 1.72. The molecule has 2 N–H and O–H groups in total. The first-order valence-electron chi connectivity index (χ1n) is 4.87. The van der Waals surface area contributed by atoms with Gasteiger partial charge in [0, 0.05) is 18.0 Å². The lowest BCUT2D eigenvalue weighted by Gasteiger charge is -1.98. The van der Waals surface area contributed by atoms with Crippen LogP contribution in [0.4, 0.5) is 10.1 Å². The number of nitrogen functional groups attached to an aromatic ring is 1. The number of thiazole rings is 1. The van der Waals surface area contributed by atoms with Gasteiger partial charge >= 0.3 is 0 Å². The maximum atomic E-state index is 13.3. The van der Waals surface area contributed by atoms with Gasteiger partial charge in [0.15, 0.2) is 10.5 Å². The predicted octanol–water partition coefficient (Wildman–Crippen LogP) is 2.47. The summed E-state index contributed by atoms with van der Waals surface area (Å²) in [5, 5.41) is 0.685. The molecule has 0 saturated heterocycles. The molecule has 0 atom stereocenters. The van der Waals surface area contributed by atoms with E-state index in [1.165, 1.54) is 23.5 Å². The molecule has 2 aromatic heterocycles. The molecule has 0 unspecified atom stereocenters. The molecule has 0 spiro atoms. The van der Waals surface area contributed by atoms with Crippen molar-refractivity contribution in [3.8, 4) is 10.6 Å². The molecule has 0 aliphatic carbocycles. The molecule has 3 rings (SSSR count). The smallest absolute Gasteiger partial charge is 0.190 e. The van der Waals surface area contributed by atoms with Crippen molar-refractivity contribution in [2.75, 3.05) is 5.73 Å². The van der Waals surface area contributed by atoms with Crippen molar-refractivity contribution in [1.29, 1.82) is 0 Å². The maximum absolute atomic E-state index is 13.3. The fourth-order valence-corrected chi connectivity index (χ4v) is 2.32. The second-order valence-electron chi connectivity index (χ2n) is 3.44. The van der Waals surface area contributed by atoms with Gasteiger partial charge in [0.1, 0.15) is 10.8 Å². The van der Waals surface area contributed by atoms with Crippen LogP contribution in [0.25, 0.3) is 21.0 Å². The molecule has 0 aliphatic rings. The van der Waals surface area contributed by atoms with E-state index < -0.39 is 5.82 Å². The van der Waals surface area contributed by atoms with Gasteiger partial charge in [-0.2, -0.15) is 0 Å². The Morgan fingerprint density at radius 3 is 2.76 bits per heavy atom. The van der Waals surface area contributed by atoms with Gasteiger partial charge in [-0.3, -0.25) is 0 Å². The fraction of sp³-hybridized carbons (Fsp3) is 0. The van der Waals surface area contributed by atoms with Crippen molar-refractivity contribution in [3.63, 3.8) is 0 Å². The van der Waals surface area contributed by atoms with Crippen molar-refractivity contribution < 1.29 is 4.39 Å². The van der Waals surface area contributed by atoms with Crippen LogP contribution in [-0.4, -0.2) is 15.0 Å². The Labute approximate surface area is 100.0 Å². The lowest BCUT2D eigenvalue weighted by molar-refractivity contribution is 0.633. The molecule has 0 bridgehead atoms. The standard InChI is InChI=1S/C11H7FN4S/c12-7-5-6(1-2-8(7)13)10-16-9-11(17-10)15-4-3-14-9/h1-5H,13H2. The number of halogens is 1. The van der Waals surface area contributed by atoms with Crippen molar-refractivity contribution >= 4 is 27.5 Å². The van der Waals surface area contributed by atoms with Crippen molar-refractivity contribution in [1.82, 2.24) is 15.0 Å². The summed E-state index contributed by atoms with van der Waals surface area (Å²) in [5.41, 5.74) is 6.81. The summed E-state index contributed by atoms with van der Waals surface area (Å²) in [6, 6.07) is 4.63. The van der Waals surface area contributed by atoms with Crippen LogP contribution in [0.15, 0.2) is 30.6 Å². The molecule has 2 heterocycles. The third-order valence-corrected chi connectivity index (χ3v) is 3.30. The monoisotopic (exact) mass is 246 g/mol. The van der Waals surface area contributed by atoms with Gasteiger partial charge in [0.2, 0.25) is 0 Å². The van der Waals surface area contributed by atoms with Crippen LogP contribution in [0.5, 0.6) is 0 Å². The molecule has 17 heavy (non-hydrogen) atoms. The molecule has 0 amide bonds. The Hall–Kier alpha value is -2.08. The highest BCUT2D eigenvalue weighted by Crippen LogP contribution is 2.29. The number of anilines is 1. The molecule has 3 aromatic rings. The molecule has 6 heteroatoms. The Balaban J connectivity index is 2.17. The van der Waals surface area contributed by atoms with Gasteiger partial charge in [-0.25, -0.2) is 19.3 Å². The number of rotatable bonds is 1. The van der Waals surface area contributed by atoms with Crippen LogP contribution in [0, 0.1) is 5.82 Å². The molecular formula is C11H7FN4S. The Kier molecular flexibility index (Phi) is 2.22. The minimum atomic E-state index is -0.442. The minimum Gasteiger partial charge on any atom is -0.396 e. The van der Waals surface area contributed by atoms with Crippen LogP contribution < -0.4 is 5.73 Å². The molecular weight excluding hydrogens is 239 g/mol. The van der Waals surface area contributed by atoms with E-state index in [0.29, 0.717) is 16.2 Å². The Morgan fingerprint density at radius 2 is 2.00 bits per heavy atom. The van der Waals surface area contributed by atoms with Crippen molar-refractivity contribution in [2.45, 2.75) is 0 Å². The van der Waals surface area contributed by atoms with Crippen molar-refractivity contribution in [3.05, 3.63) is 36.4 Å². The van der Waals surface area contributed by atoms with Gasteiger partial charge in [-0.15, -0.1) is 0 Å². The highest BCUT2D eigenvalue weighted by molar-refractivity contribution is 7.21. The number of nitrogens with two attached hydrogens (primary N) is 1. The number of fused-ring (bicyclic) bond motifs is 1. The van der Waals surface area contributed by atoms with Crippen LogP contribution in [0.2, 0.25) is 0 Å². The number of nitrogens with zero attached hydrogens (tertiary/aromatic N) is 3. The van der Waals surface area contributed by atoms with E-state index in [-0.39, 0.29) is 5.69 Å². The van der Waals surface area contributed by atoms with E-state index in [9.17, 15) is 4.39 Å². The van der Waals surface area contributed by atoms with Crippen LogP contribution in [0.1, 0.15) is 0 Å². The van der Waals surface area contributed by atoms with E-state index in [2.05, 4.69) is 15.0 Å². The average molecular weight is 246 g/mol. The molecule has 0 aliphatic heterocycles. The van der Waals surface area contributed by atoms with Crippen molar-refractivity contribution in [2.24, 2.45) is 0 Å². The maximum Gasteiger partial charge on any atom is 0.190 e. The molecule has 4 nitrogen and oxygen atoms in total. The van der Waals surface area contributed by atoms with E-state index in [1.807, 2.05) is 0 Å².